The van der Waals surface area contributed by atoms with E-state index in [4.69, 9.17) is 5.73 Å². The molecule has 3 heterocycles. The number of primary amides is 1. The summed E-state index contributed by atoms with van der Waals surface area (Å²) >= 11 is 0. The normalized spacial score (nSPS) is 15.3. The molecule has 0 aliphatic carbocycles. The Bertz CT molecular complexity index is 2050. The standard InChI is InChI=1S/C30H28F2N6O6S/c1-4-24(41)36-11-12-37(17(15-36)13-23(33)40)28-18-14-20(32)26(25-19(31)8-6-9-21(25)39)34-29(18)38(30(42)35-28)27-16(2)7-5-10-22(27)45(3,43)44/h4-10,14,17,39H,1,11-13,15H2,2-3H3,(H2,33,40). The SMILES string of the molecule is C=CC(=O)N1CCN(c2nc(=O)n(-c3c(C)cccc3S(C)(=O)=O)c3nc(-c4c(O)cccc4F)c(F)cc23)C(CC(N)=O)C1. The van der Waals surface area contributed by atoms with Crippen LogP contribution < -0.4 is 16.3 Å². The van der Waals surface area contributed by atoms with Crippen molar-refractivity contribution in [3.63, 3.8) is 0 Å². The van der Waals surface area contributed by atoms with Crippen molar-refractivity contribution in [2.75, 3.05) is 30.8 Å². The van der Waals surface area contributed by atoms with Gasteiger partial charge in [-0.15, -0.1) is 0 Å². The molecule has 15 heteroatoms. The van der Waals surface area contributed by atoms with Crippen LogP contribution in [0.4, 0.5) is 14.6 Å². The molecule has 0 saturated carbocycles. The number of nitrogens with zero attached hydrogens (tertiary/aromatic N) is 5. The zero-order valence-electron chi connectivity index (χ0n) is 24.2. The van der Waals surface area contributed by atoms with Crippen LogP contribution in [0.25, 0.3) is 28.0 Å². The number of carbonyl (C=O) groups excluding carboxylic acids is 2. The highest BCUT2D eigenvalue weighted by Crippen LogP contribution is 2.37. The van der Waals surface area contributed by atoms with Crippen LogP contribution in [0.2, 0.25) is 0 Å². The quantitative estimate of drug-likeness (QED) is 0.288. The van der Waals surface area contributed by atoms with Gasteiger partial charge in [0.2, 0.25) is 11.8 Å². The van der Waals surface area contributed by atoms with Gasteiger partial charge in [0.15, 0.2) is 21.3 Å². The minimum absolute atomic E-state index is 0.00678. The van der Waals surface area contributed by atoms with Crippen LogP contribution in [0.1, 0.15) is 12.0 Å². The third kappa shape index (κ3) is 5.73. The second-order valence-electron chi connectivity index (χ2n) is 10.6. The van der Waals surface area contributed by atoms with Crippen LogP contribution in [-0.2, 0) is 19.4 Å². The number of benzene rings is 2. The number of para-hydroxylation sites is 1. The number of carbonyl (C=O) groups is 2. The fourth-order valence-electron chi connectivity index (χ4n) is 5.54. The summed E-state index contributed by atoms with van der Waals surface area (Å²) in [6.45, 7) is 5.20. The van der Waals surface area contributed by atoms with E-state index >= 15 is 4.39 Å². The van der Waals surface area contributed by atoms with Crippen molar-refractivity contribution in [1.29, 1.82) is 0 Å². The molecular weight excluding hydrogens is 610 g/mol. The Kier molecular flexibility index (Phi) is 8.14. The summed E-state index contributed by atoms with van der Waals surface area (Å²) < 4.78 is 57.4. The van der Waals surface area contributed by atoms with Crippen molar-refractivity contribution in [3.05, 3.63) is 82.8 Å². The number of phenols is 1. The molecule has 1 saturated heterocycles. The van der Waals surface area contributed by atoms with E-state index in [9.17, 15) is 32.3 Å². The van der Waals surface area contributed by atoms with Crippen LogP contribution in [0.15, 0.2) is 64.8 Å². The number of nitrogens with two attached hydrogens (primary N) is 1. The van der Waals surface area contributed by atoms with E-state index in [2.05, 4.69) is 16.5 Å². The molecule has 1 unspecified atom stereocenters. The van der Waals surface area contributed by atoms with E-state index < -0.39 is 62.0 Å². The second kappa shape index (κ2) is 11.7. The van der Waals surface area contributed by atoms with Crippen molar-refractivity contribution in [2.45, 2.75) is 24.3 Å². The molecule has 0 bridgehead atoms. The molecule has 5 rings (SSSR count). The number of amides is 2. The number of anilines is 1. The van der Waals surface area contributed by atoms with Crippen molar-refractivity contribution in [2.24, 2.45) is 5.73 Å². The second-order valence-corrected chi connectivity index (χ2v) is 12.6. The van der Waals surface area contributed by atoms with Gasteiger partial charge in [0, 0.05) is 32.3 Å². The molecular formula is C30H28F2N6O6S. The van der Waals surface area contributed by atoms with Crippen LogP contribution in [0.5, 0.6) is 5.75 Å². The first-order valence-electron chi connectivity index (χ1n) is 13.6. The topological polar surface area (TPSA) is 169 Å². The smallest absolute Gasteiger partial charge is 0.355 e. The average molecular weight is 639 g/mol. The van der Waals surface area contributed by atoms with E-state index in [1.165, 1.54) is 28.0 Å². The summed E-state index contributed by atoms with van der Waals surface area (Å²) in [4.78, 5) is 49.6. The van der Waals surface area contributed by atoms with Gasteiger partial charge in [-0.3, -0.25) is 9.59 Å². The summed E-state index contributed by atoms with van der Waals surface area (Å²) in [6, 6.07) is 7.82. The largest absolute Gasteiger partial charge is 0.507 e. The predicted molar refractivity (Wildman–Crippen MR) is 162 cm³/mol. The number of pyridine rings is 1. The lowest BCUT2D eigenvalue weighted by Gasteiger charge is -2.41. The highest BCUT2D eigenvalue weighted by Gasteiger charge is 2.34. The van der Waals surface area contributed by atoms with Gasteiger partial charge in [0.1, 0.15) is 23.1 Å². The summed E-state index contributed by atoms with van der Waals surface area (Å²) in [5, 5.41) is 10.4. The van der Waals surface area contributed by atoms with E-state index in [1.54, 1.807) is 13.0 Å². The van der Waals surface area contributed by atoms with Gasteiger partial charge in [-0.1, -0.05) is 24.8 Å². The minimum atomic E-state index is -3.94. The molecule has 3 N–H and O–H groups in total. The summed E-state index contributed by atoms with van der Waals surface area (Å²) in [5.41, 5.74) is 3.20. The summed E-state index contributed by atoms with van der Waals surface area (Å²) in [5.74, 6) is -3.94. The molecule has 1 aliphatic heterocycles. The number of sulfone groups is 1. The van der Waals surface area contributed by atoms with Crippen LogP contribution in [0.3, 0.4) is 0 Å². The molecule has 1 aliphatic rings. The number of halogens is 2. The average Bonchev–Trinajstić information content (AvgIpc) is 2.96. The van der Waals surface area contributed by atoms with Gasteiger partial charge >= 0.3 is 5.69 Å². The number of phenolic OH excluding ortho intramolecular Hbond substituents is 1. The van der Waals surface area contributed by atoms with E-state index in [1.807, 2.05) is 0 Å². The monoisotopic (exact) mass is 638 g/mol. The fourth-order valence-corrected chi connectivity index (χ4v) is 6.47. The van der Waals surface area contributed by atoms with Gasteiger partial charge < -0.3 is 20.6 Å². The number of piperazine rings is 1. The number of aromatic nitrogens is 3. The third-order valence-electron chi connectivity index (χ3n) is 7.53. The molecule has 234 valence electrons. The number of aryl methyl sites for hydroxylation is 1. The molecule has 12 nitrogen and oxygen atoms in total. The van der Waals surface area contributed by atoms with E-state index in [0.717, 1.165) is 35.1 Å². The molecule has 45 heavy (non-hydrogen) atoms. The van der Waals surface area contributed by atoms with Crippen molar-refractivity contribution < 1.29 is 31.9 Å². The number of hydrogen-bond donors (Lipinski definition) is 2. The lowest BCUT2D eigenvalue weighted by Crippen LogP contribution is -2.56. The molecule has 0 spiro atoms. The first-order chi connectivity index (χ1) is 21.2. The first kappa shape index (κ1) is 31.3. The third-order valence-corrected chi connectivity index (χ3v) is 8.66. The Hall–Kier alpha value is -5.18. The highest BCUT2D eigenvalue weighted by molar-refractivity contribution is 7.90. The molecule has 2 amide bonds. The first-order valence-corrected chi connectivity index (χ1v) is 15.5. The zero-order valence-corrected chi connectivity index (χ0v) is 25.0. The van der Waals surface area contributed by atoms with E-state index in [-0.39, 0.29) is 53.5 Å². The van der Waals surface area contributed by atoms with Gasteiger partial charge in [0.25, 0.3) is 0 Å². The highest BCUT2D eigenvalue weighted by atomic mass is 32.2. The van der Waals surface area contributed by atoms with Gasteiger partial charge in [-0.05, 0) is 42.8 Å². The lowest BCUT2D eigenvalue weighted by molar-refractivity contribution is -0.127. The van der Waals surface area contributed by atoms with Gasteiger partial charge in [-0.2, -0.15) is 4.98 Å². The summed E-state index contributed by atoms with van der Waals surface area (Å²) in [7, 11) is -3.94. The Morgan fingerprint density at radius 1 is 1.13 bits per heavy atom. The molecule has 1 atom stereocenters. The van der Waals surface area contributed by atoms with Gasteiger partial charge in [-0.25, -0.2) is 31.5 Å². The predicted octanol–water partition coefficient (Wildman–Crippen LogP) is 2.22. The molecule has 0 radical (unpaired) electrons. The van der Waals surface area contributed by atoms with E-state index in [0.29, 0.717) is 5.56 Å². The zero-order chi connectivity index (χ0) is 32.8. The Morgan fingerprint density at radius 2 is 1.84 bits per heavy atom. The fraction of sp³-hybridized carbons (Fsp3) is 0.233. The van der Waals surface area contributed by atoms with Crippen molar-refractivity contribution in [1.82, 2.24) is 19.4 Å². The Labute approximate surface area is 256 Å². The number of aromatic hydroxyl groups is 1. The van der Waals surface area contributed by atoms with Crippen molar-refractivity contribution in [3.8, 4) is 22.7 Å². The number of hydrogen-bond acceptors (Lipinski definition) is 9. The number of rotatable bonds is 7. The molecule has 2 aromatic carbocycles. The maximum Gasteiger partial charge on any atom is 0.355 e. The van der Waals surface area contributed by atoms with Crippen molar-refractivity contribution >= 4 is 38.5 Å². The minimum Gasteiger partial charge on any atom is -0.507 e. The Balaban J connectivity index is 1.88. The van der Waals surface area contributed by atoms with Crippen LogP contribution in [0, 0.1) is 18.6 Å². The number of fused-ring (bicyclic) bond motifs is 1. The molecule has 2 aromatic heterocycles. The lowest BCUT2D eigenvalue weighted by atomic mass is 10.1. The Morgan fingerprint density at radius 3 is 2.49 bits per heavy atom. The van der Waals surface area contributed by atoms with Crippen LogP contribution >= 0.6 is 0 Å². The maximum atomic E-state index is 15.9. The van der Waals surface area contributed by atoms with Gasteiger partial charge in [0.05, 0.1) is 27.6 Å². The summed E-state index contributed by atoms with van der Waals surface area (Å²) in [6.07, 6.45) is 1.81. The molecule has 4 aromatic rings. The maximum absolute atomic E-state index is 15.9. The van der Waals surface area contributed by atoms with Crippen LogP contribution in [-0.4, -0.2) is 76.7 Å². The molecule has 1 fully saturated rings.